The van der Waals surface area contributed by atoms with E-state index in [0.717, 1.165) is 16.8 Å². The van der Waals surface area contributed by atoms with Gasteiger partial charge >= 0.3 is 12.0 Å². The Kier molecular flexibility index (Phi) is 9.12. The number of hydrogen-bond acceptors (Lipinski definition) is 6. The molecule has 0 radical (unpaired) electrons. The van der Waals surface area contributed by atoms with E-state index < -0.39 is 5.97 Å². The highest BCUT2D eigenvalue weighted by atomic mass is 16.5. The van der Waals surface area contributed by atoms with Crippen LogP contribution in [0.1, 0.15) is 110 Å². The average Bonchev–Trinajstić information content (AvgIpc) is 2.86. The maximum Gasteiger partial charge on any atom is 0.342 e. The first-order valence-electron chi connectivity index (χ1n) is 13.3. The van der Waals surface area contributed by atoms with Crippen LogP contribution in [0, 0.1) is 6.92 Å². The number of amides is 3. The van der Waals surface area contributed by atoms with Gasteiger partial charge in [-0.3, -0.25) is 4.79 Å². The van der Waals surface area contributed by atoms with Crippen LogP contribution in [0.4, 0.5) is 10.5 Å². The van der Waals surface area contributed by atoms with E-state index in [1.165, 1.54) is 7.11 Å². The van der Waals surface area contributed by atoms with E-state index in [4.69, 9.17) is 4.74 Å². The van der Waals surface area contributed by atoms with E-state index in [1.807, 2.05) is 26.8 Å². The summed E-state index contributed by atoms with van der Waals surface area (Å²) in [5.41, 5.74) is 3.71. The summed E-state index contributed by atoms with van der Waals surface area (Å²) < 4.78 is 4.97. The minimum Gasteiger partial charge on any atom is -0.465 e. The van der Waals surface area contributed by atoms with E-state index in [0.29, 0.717) is 31.2 Å². The Morgan fingerprint density at radius 2 is 1.58 bits per heavy atom. The van der Waals surface area contributed by atoms with E-state index in [2.05, 4.69) is 55.1 Å². The number of urea groups is 1. The lowest BCUT2D eigenvalue weighted by atomic mass is 9.92. The lowest BCUT2D eigenvalue weighted by Crippen LogP contribution is -2.56. The number of ether oxygens (including phenoxy) is 1. The average molecular weight is 524 g/mol. The number of rotatable bonds is 6. The number of aromatic nitrogens is 2. The summed E-state index contributed by atoms with van der Waals surface area (Å²) in [4.78, 5) is 51.9. The third kappa shape index (κ3) is 5.97. The van der Waals surface area contributed by atoms with E-state index in [-0.39, 0.29) is 47.0 Å². The molecule has 0 saturated carbocycles. The van der Waals surface area contributed by atoms with Crippen molar-refractivity contribution in [2.45, 2.75) is 79.2 Å². The number of nitrogens with one attached hydrogen (secondary N) is 1. The molecule has 9 heteroatoms. The van der Waals surface area contributed by atoms with Crippen molar-refractivity contribution in [1.82, 2.24) is 19.8 Å². The summed E-state index contributed by atoms with van der Waals surface area (Å²) in [6, 6.07) is 5.72. The van der Waals surface area contributed by atoms with Gasteiger partial charge in [-0.2, -0.15) is 0 Å². The third-order valence-electron chi connectivity index (χ3n) is 6.97. The summed E-state index contributed by atoms with van der Waals surface area (Å²) in [7, 11) is 1.28. The van der Waals surface area contributed by atoms with Crippen molar-refractivity contribution >= 4 is 23.6 Å². The predicted octanol–water partition coefficient (Wildman–Crippen LogP) is 5.32. The Labute approximate surface area is 226 Å². The highest BCUT2D eigenvalue weighted by molar-refractivity contribution is 6.05. The molecule has 0 bridgehead atoms. The number of anilines is 1. The summed E-state index contributed by atoms with van der Waals surface area (Å²) in [6.45, 7) is 16.9. The molecule has 1 aliphatic rings. The summed E-state index contributed by atoms with van der Waals surface area (Å²) in [5, 5.41) is 3.18. The number of aryl methyl sites for hydroxylation is 1. The van der Waals surface area contributed by atoms with Crippen LogP contribution in [0.25, 0.3) is 0 Å². The van der Waals surface area contributed by atoms with Crippen LogP contribution < -0.4 is 5.32 Å². The minimum absolute atomic E-state index is 0.0468. The molecule has 1 fully saturated rings. The zero-order valence-corrected chi connectivity index (χ0v) is 24.1. The Morgan fingerprint density at radius 1 is 0.974 bits per heavy atom. The molecule has 38 heavy (non-hydrogen) atoms. The molecule has 0 spiro atoms. The molecule has 3 rings (SSSR count). The third-order valence-corrected chi connectivity index (χ3v) is 6.97. The number of para-hydroxylation sites is 1. The van der Waals surface area contributed by atoms with Crippen molar-refractivity contribution in [3.63, 3.8) is 0 Å². The largest absolute Gasteiger partial charge is 0.465 e. The summed E-state index contributed by atoms with van der Waals surface area (Å²) >= 11 is 0. The first-order chi connectivity index (χ1) is 17.9. The number of benzene rings is 1. The molecule has 1 unspecified atom stereocenters. The maximum absolute atomic E-state index is 13.6. The number of carbonyl (C=O) groups excluding carboxylic acids is 3. The van der Waals surface area contributed by atoms with Gasteiger partial charge in [-0.25, -0.2) is 19.6 Å². The molecular weight excluding hydrogens is 482 g/mol. The predicted molar refractivity (Wildman–Crippen MR) is 148 cm³/mol. The van der Waals surface area contributed by atoms with Gasteiger partial charge in [-0.15, -0.1) is 0 Å². The molecule has 206 valence electrons. The van der Waals surface area contributed by atoms with Crippen LogP contribution in [0.2, 0.25) is 0 Å². The minimum atomic E-state index is -0.632. The van der Waals surface area contributed by atoms with Gasteiger partial charge in [0.2, 0.25) is 0 Å². The number of esters is 1. The molecular formula is C29H41N5O4. The molecule has 1 aromatic carbocycles. The molecule has 1 N–H and O–H groups in total. The molecule has 1 aliphatic heterocycles. The zero-order chi connectivity index (χ0) is 28.3. The maximum atomic E-state index is 13.6. The fourth-order valence-corrected chi connectivity index (χ4v) is 4.94. The van der Waals surface area contributed by atoms with Crippen molar-refractivity contribution in [1.29, 1.82) is 0 Å². The Hall–Kier alpha value is -3.49. The number of piperazine rings is 1. The SMILES string of the molecule is COC(=O)c1c(C(=O)N2CCN(C(=O)Nc3c(C(C)C)cccc3C(C)C)C(C)C2)nc(C)nc1C(C)C. The second kappa shape index (κ2) is 11.9. The van der Waals surface area contributed by atoms with Crippen molar-refractivity contribution in [3.8, 4) is 0 Å². The molecule has 2 aromatic rings. The molecule has 1 aromatic heterocycles. The normalized spacial score (nSPS) is 15.8. The van der Waals surface area contributed by atoms with E-state index >= 15 is 0 Å². The van der Waals surface area contributed by atoms with Gasteiger partial charge in [0.15, 0.2) is 0 Å². The van der Waals surface area contributed by atoms with Crippen molar-refractivity contribution in [2.24, 2.45) is 0 Å². The van der Waals surface area contributed by atoms with Crippen LogP contribution in [-0.2, 0) is 4.74 Å². The number of carbonyl (C=O) groups is 3. The van der Waals surface area contributed by atoms with Gasteiger partial charge in [0.1, 0.15) is 17.1 Å². The fourth-order valence-electron chi connectivity index (χ4n) is 4.94. The van der Waals surface area contributed by atoms with Gasteiger partial charge < -0.3 is 19.9 Å². The van der Waals surface area contributed by atoms with Crippen molar-refractivity contribution in [3.05, 3.63) is 52.1 Å². The number of hydrogen-bond donors (Lipinski definition) is 1. The highest BCUT2D eigenvalue weighted by Gasteiger charge is 2.35. The second-order valence-corrected chi connectivity index (χ2v) is 10.9. The molecule has 2 heterocycles. The Balaban J connectivity index is 1.84. The standard InChI is InChI=1S/C29H41N5O4/c1-16(2)21-11-10-12-22(17(3)4)25(21)32-29(37)34-14-13-33(15-19(34)7)27(35)26-23(28(36)38-9)24(18(5)6)30-20(8)31-26/h10-12,16-19H,13-15H2,1-9H3,(H,32,37). The first-order valence-corrected chi connectivity index (χ1v) is 13.3. The van der Waals surface area contributed by atoms with Crippen LogP contribution in [0.15, 0.2) is 18.2 Å². The molecule has 1 atom stereocenters. The van der Waals surface area contributed by atoms with Gasteiger partial charge in [0, 0.05) is 31.4 Å². The zero-order valence-electron chi connectivity index (χ0n) is 24.1. The molecule has 1 saturated heterocycles. The van der Waals surface area contributed by atoms with Crippen LogP contribution >= 0.6 is 0 Å². The quantitative estimate of drug-likeness (QED) is 0.514. The van der Waals surface area contributed by atoms with Crippen LogP contribution in [0.5, 0.6) is 0 Å². The summed E-state index contributed by atoms with van der Waals surface area (Å²) in [5.74, 6) is -0.162. The number of nitrogens with zero attached hydrogens (tertiary/aromatic N) is 4. The Bertz CT molecular complexity index is 1180. The van der Waals surface area contributed by atoms with Gasteiger partial charge in [0.05, 0.1) is 12.8 Å². The lowest BCUT2D eigenvalue weighted by molar-refractivity contribution is 0.0550. The fraction of sp³-hybridized carbons (Fsp3) is 0.552. The Morgan fingerprint density at radius 3 is 2.08 bits per heavy atom. The lowest BCUT2D eigenvalue weighted by Gasteiger charge is -2.40. The second-order valence-electron chi connectivity index (χ2n) is 10.9. The van der Waals surface area contributed by atoms with E-state index in [9.17, 15) is 14.4 Å². The van der Waals surface area contributed by atoms with Gasteiger partial charge in [0.25, 0.3) is 5.91 Å². The van der Waals surface area contributed by atoms with Crippen LogP contribution in [0.3, 0.4) is 0 Å². The molecule has 0 aliphatic carbocycles. The van der Waals surface area contributed by atoms with Crippen LogP contribution in [-0.4, -0.2) is 70.5 Å². The number of methoxy groups -OCH3 is 1. The first kappa shape index (κ1) is 29.1. The molecule has 9 nitrogen and oxygen atoms in total. The van der Waals surface area contributed by atoms with E-state index in [1.54, 1.807) is 16.7 Å². The van der Waals surface area contributed by atoms with Crippen molar-refractivity contribution in [2.75, 3.05) is 32.1 Å². The smallest absolute Gasteiger partial charge is 0.342 e. The monoisotopic (exact) mass is 523 g/mol. The highest BCUT2D eigenvalue weighted by Crippen LogP contribution is 2.33. The topological polar surface area (TPSA) is 105 Å². The summed E-state index contributed by atoms with van der Waals surface area (Å²) in [6.07, 6.45) is 0. The molecule has 3 amide bonds. The van der Waals surface area contributed by atoms with Gasteiger partial charge in [-0.1, -0.05) is 59.7 Å². The van der Waals surface area contributed by atoms with Crippen molar-refractivity contribution < 1.29 is 19.1 Å². The van der Waals surface area contributed by atoms with Gasteiger partial charge in [-0.05, 0) is 42.7 Å².